The minimum Gasteiger partial charge on any atom is -0.462 e. The number of amides is 1. The highest BCUT2D eigenvalue weighted by molar-refractivity contribution is 5.77. The van der Waals surface area contributed by atoms with Crippen molar-refractivity contribution in [1.82, 2.24) is 4.90 Å². The summed E-state index contributed by atoms with van der Waals surface area (Å²) in [5.41, 5.74) is 0.390. The van der Waals surface area contributed by atoms with Gasteiger partial charge in [-0.05, 0) is 67.6 Å². The van der Waals surface area contributed by atoms with Crippen molar-refractivity contribution < 1.29 is 14.3 Å². The van der Waals surface area contributed by atoms with Crippen molar-refractivity contribution in [1.29, 1.82) is 0 Å². The zero-order chi connectivity index (χ0) is 18.9. The number of nitrogens with zero attached hydrogens (tertiary/aromatic N) is 1. The second kappa shape index (κ2) is 5.97. The van der Waals surface area contributed by atoms with Crippen LogP contribution >= 0.6 is 0 Å². The molecular weight excluding hydrogens is 326 g/mol. The number of carbonyl (C=O) groups is 2. The highest BCUT2D eigenvalue weighted by atomic mass is 16.5. The molecule has 3 aliphatic carbocycles. The van der Waals surface area contributed by atoms with Crippen LogP contribution in [0.4, 0.5) is 0 Å². The molecular formula is C22H35NO3. The van der Waals surface area contributed by atoms with Gasteiger partial charge in [0.2, 0.25) is 5.91 Å². The molecule has 0 bridgehead atoms. The fourth-order valence-electron chi connectivity index (χ4n) is 7.90. The first-order valence-corrected chi connectivity index (χ1v) is 10.6. The van der Waals surface area contributed by atoms with Crippen LogP contribution in [0.3, 0.4) is 0 Å². The summed E-state index contributed by atoms with van der Waals surface area (Å²) in [6, 6.07) is 0.414. The first kappa shape index (κ1) is 18.3. The first-order valence-electron chi connectivity index (χ1n) is 10.6. The number of carbonyl (C=O) groups excluding carboxylic acids is 2. The van der Waals surface area contributed by atoms with E-state index in [1.807, 2.05) is 7.05 Å². The van der Waals surface area contributed by atoms with E-state index in [0.29, 0.717) is 36.1 Å². The van der Waals surface area contributed by atoms with Gasteiger partial charge in [0.15, 0.2) is 0 Å². The predicted molar refractivity (Wildman–Crippen MR) is 100 cm³/mol. The van der Waals surface area contributed by atoms with Crippen molar-refractivity contribution in [3.05, 3.63) is 0 Å². The number of fused-ring (bicyclic) bond motifs is 5. The number of piperidine rings is 1. The highest BCUT2D eigenvalue weighted by Gasteiger charge is 2.63. The van der Waals surface area contributed by atoms with Crippen LogP contribution in [0.15, 0.2) is 0 Å². The lowest BCUT2D eigenvalue weighted by atomic mass is 9.47. The van der Waals surface area contributed by atoms with Gasteiger partial charge in [0, 0.05) is 31.8 Å². The third-order valence-corrected chi connectivity index (χ3v) is 9.08. The molecule has 0 spiro atoms. The Labute approximate surface area is 158 Å². The Balaban J connectivity index is 1.63. The Bertz CT molecular complexity index is 619. The van der Waals surface area contributed by atoms with Gasteiger partial charge in [-0.25, -0.2) is 0 Å². The van der Waals surface area contributed by atoms with E-state index in [1.54, 1.807) is 6.92 Å². The lowest BCUT2D eigenvalue weighted by Crippen LogP contribution is -2.61. The van der Waals surface area contributed by atoms with Crippen LogP contribution < -0.4 is 0 Å². The van der Waals surface area contributed by atoms with E-state index >= 15 is 0 Å². The fraction of sp³-hybridized carbons (Fsp3) is 0.909. The predicted octanol–water partition coefficient (Wildman–Crippen LogP) is 4.03. The van der Waals surface area contributed by atoms with Gasteiger partial charge in [0.25, 0.3) is 0 Å². The zero-order valence-corrected chi connectivity index (χ0v) is 17.1. The van der Waals surface area contributed by atoms with Gasteiger partial charge in [-0.15, -0.1) is 0 Å². The van der Waals surface area contributed by atoms with E-state index in [0.717, 1.165) is 25.2 Å². The Morgan fingerprint density at radius 1 is 1.12 bits per heavy atom. The molecule has 3 saturated carbocycles. The van der Waals surface area contributed by atoms with E-state index in [4.69, 9.17) is 4.74 Å². The second-order valence-corrected chi connectivity index (χ2v) is 10.3. The fourth-order valence-corrected chi connectivity index (χ4v) is 7.90. The number of rotatable bonds is 1. The van der Waals surface area contributed by atoms with Crippen LogP contribution in [-0.4, -0.2) is 36.0 Å². The van der Waals surface area contributed by atoms with Crippen molar-refractivity contribution in [3.8, 4) is 0 Å². The molecule has 4 aliphatic rings. The lowest BCUT2D eigenvalue weighted by Gasteiger charge is -2.61. The van der Waals surface area contributed by atoms with Gasteiger partial charge in [0.1, 0.15) is 6.10 Å². The van der Waals surface area contributed by atoms with Gasteiger partial charge < -0.3 is 9.64 Å². The van der Waals surface area contributed by atoms with E-state index in [1.165, 1.54) is 19.3 Å². The maximum Gasteiger partial charge on any atom is 0.302 e. The number of hydrogen-bond donors (Lipinski definition) is 0. The standard InChI is InChI=1S/C22H35NO3/c1-13-12-17-15-6-7-18-21(3,11-9-19(25)23(18)5)16(15)8-10-22(17,4)20(13)26-14(2)24/h13,15-18,20H,6-12H2,1-5H3/t13-,15+,16-,17-,18?,20-,21+,22-/m0/s1. The Morgan fingerprint density at radius 3 is 2.54 bits per heavy atom. The Kier molecular flexibility index (Phi) is 4.20. The molecule has 1 aliphatic heterocycles. The molecule has 0 aromatic heterocycles. The third kappa shape index (κ3) is 2.39. The molecule has 1 saturated heterocycles. The maximum absolute atomic E-state index is 12.3. The molecule has 0 aromatic carbocycles. The van der Waals surface area contributed by atoms with Crippen LogP contribution in [0.5, 0.6) is 0 Å². The molecule has 4 rings (SSSR count). The Morgan fingerprint density at radius 2 is 1.85 bits per heavy atom. The molecule has 4 nitrogen and oxygen atoms in total. The molecule has 0 aromatic rings. The minimum absolute atomic E-state index is 0.0760. The SMILES string of the molecule is CC(=O)O[C@H]1[C@@H](C)C[C@H]2[C@@H]3CCC4N(C)C(=O)CC[C@]4(C)[C@H]3CC[C@@]21C. The van der Waals surface area contributed by atoms with Crippen LogP contribution in [0.1, 0.15) is 72.6 Å². The van der Waals surface area contributed by atoms with Gasteiger partial charge in [-0.1, -0.05) is 20.8 Å². The van der Waals surface area contributed by atoms with E-state index < -0.39 is 0 Å². The number of likely N-dealkylation sites (tertiary alicyclic amines) is 1. The molecule has 8 atom stereocenters. The molecule has 1 heterocycles. The smallest absolute Gasteiger partial charge is 0.302 e. The second-order valence-electron chi connectivity index (χ2n) is 10.3. The first-order chi connectivity index (χ1) is 12.2. The van der Waals surface area contributed by atoms with Crippen molar-refractivity contribution in [3.63, 3.8) is 0 Å². The maximum atomic E-state index is 12.3. The lowest BCUT2D eigenvalue weighted by molar-refractivity contribution is -0.168. The van der Waals surface area contributed by atoms with Crippen LogP contribution in [-0.2, 0) is 14.3 Å². The van der Waals surface area contributed by atoms with E-state index in [2.05, 4.69) is 25.7 Å². The summed E-state index contributed by atoms with van der Waals surface area (Å²) in [5, 5.41) is 0. The molecule has 1 amide bonds. The molecule has 0 radical (unpaired) electrons. The largest absolute Gasteiger partial charge is 0.462 e. The highest BCUT2D eigenvalue weighted by Crippen LogP contribution is 2.66. The molecule has 4 heteroatoms. The van der Waals surface area contributed by atoms with Gasteiger partial charge in [-0.3, -0.25) is 9.59 Å². The minimum atomic E-state index is -0.131. The summed E-state index contributed by atoms with van der Waals surface area (Å²) < 4.78 is 5.85. The van der Waals surface area contributed by atoms with Gasteiger partial charge in [-0.2, -0.15) is 0 Å². The quantitative estimate of drug-likeness (QED) is 0.663. The average Bonchev–Trinajstić information content (AvgIpc) is 2.82. The molecule has 1 unspecified atom stereocenters. The average molecular weight is 362 g/mol. The van der Waals surface area contributed by atoms with Crippen molar-refractivity contribution in [2.45, 2.75) is 84.8 Å². The summed E-state index contributed by atoms with van der Waals surface area (Å²) in [7, 11) is 2.02. The third-order valence-electron chi connectivity index (χ3n) is 9.08. The van der Waals surface area contributed by atoms with Crippen molar-refractivity contribution >= 4 is 11.9 Å². The van der Waals surface area contributed by atoms with Crippen molar-refractivity contribution in [2.24, 2.45) is 34.5 Å². The van der Waals surface area contributed by atoms with E-state index in [9.17, 15) is 9.59 Å². The van der Waals surface area contributed by atoms with Gasteiger partial charge >= 0.3 is 5.97 Å². The molecule has 26 heavy (non-hydrogen) atoms. The van der Waals surface area contributed by atoms with Crippen LogP contribution in [0.25, 0.3) is 0 Å². The summed E-state index contributed by atoms with van der Waals surface area (Å²) in [6.45, 7) is 8.67. The van der Waals surface area contributed by atoms with Crippen LogP contribution in [0.2, 0.25) is 0 Å². The number of hydrogen-bond acceptors (Lipinski definition) is 3. The van der Waals surface area contributed by atoms with E-state index in [-0.39, 0.29) is 22.9 Å². The summed E-state index contributed by atoms with van der Waals surface area (Å²) in [5.74, 6) is 2.73. The van der Waals surface area contributed by atoms with Crippen LogP contribution in [0, 0.1) is 34.5 Å². The monoisotopic (exact) mass is 361 g/mol. The van der Waals surface area contributed by atoms with Gasteiger partial charge in [0.05, 0.1) is 0 Å². The molecule has 4 fully saturated rings. The normalized spacial score (nSPS) is 50.7. The topological polar surface area (TPSA) is 46.6 Å². The number of esters is 1. The summed E-state index contributed by atoms with van der Waals surface area (Å²) in [4.78, 5) is 26.0. The molecule has 0 N–H and O–H groups in total. The number of ether oxygens (including phenoxy) is 1. The van der Waals surface area contributed by atoms with Crippen molar-refractivity contribution in [2.75, 3.05) is 7.05 Å². The summed E-state index contributed by atoms with van der Waals surface area (Å²) >= 11 is 0. The molecule has 146 valence electrons. The summed E-state index contributed by atoms with van der Waals surface area (Å²) in [6.07, 6.45) is 7.76. The zero-order valence-electron chi connectivity index (χ0n) is 17.1. The Hall–Kier alpha value is -1.06.